The molecule has 0 heterocycles. The molecular weight excluding hydrogens is 256 g/mol. The molecule has 0 aromatic heterocycles. The van der Waals surface area contributed by atoms with E-state index >= 15 is 0 Å². The standard InChI is InChI=1S/C11H10F4O3/c1-17-6-4-3-5-7(18-2)8(6)9(16)11(14,15)10(12)13/h3-5,10H,1-2H3. The molecule has 0 radical (unpaired) electrons. The summed E-state index contributed by atoms with van der Waals surface area (Å²) in [7, 11) is 2.26. The summed E-state index contributed by atoms with van der Waals surface area (Å²) >= 11 is 0. The summed E-state index contributed by atoms with van der Waals surface area (Å²) in [5, 5.41) is 0. The van der Waals surface area contributed by atoms with Crippen molar-refractivity contribution in [2.75, 3.05) is 14.2 Å². The number of hydrogen-bond acceptors (Lipinski definition) is 3. The predicted octanol–water partition coefficient (Wildman–Crippen LogP) is 2.79. The number of Topliss-reactive ketones (excluding diaryl/α,β-unsaturated/α-hetero) is 1. The molecule has 3 nitrogen and oxygen atoms in total. The molecule has 100 valence electrons. The van der Waals surface area contributed by atoms with Gasteiger partial charge < -0.3 is 9.47 Å². The number of carbonyl (C=O) groups is 1. The minimum atomic E-state index is -4.79. The van der Waals surface area contributed by atoms with Gasteiger partial charge in [0.1, 0.15) is 17.1 Å². The Labute approximate surface area is 100 Å². The van der Waals surface area contributed by atoms with Crippen LogP contribution in [0.3, 0.4) is 0 Å². The van der Waals surface area contributed by atoms with Crippen LogP contribution in [0.2, 0.25) is 0 Å². The van der Waals surface area contributed by atoms with Crippen LogP contribution in [0.25, 0.3) is 0 Å². The number of carbonyl (C=O) groups excluding carboxylic acids is 1. The van der Waals surface area contributed by atoms with Gasteiger partial charge in [0.15, 0.2) is 0 Å². The molecule has 0 aliphatic rings. The largest absolute Gasteiger partial charge is 0.496 e. The smallest absolute Gasteiger partial charge is 0.369 e. The van der Waals surface area contributed by atoms with Crippen LogP contribution in [0.15, 0.2) is 18.2 Å². The van der Waals surface area contributed by atoms with Crippen LogP contribution >= 0.6 is 0 Å². The van der Waals surface area contributed by atoms with Gasteiger partial charge in [0.05, 0.1) is 14.2 Å². The molecule has 0 atom stereocenters. The van der Waals surface area contributed by atoms with E-state index in [1.54, 1.807) is 0 Å². The number of ketones is 1. The molecule has 1 rings (SSSR count). The topological polar surface area (TPSA) is 35.5 Å². The Kier molecular flexibility index (Phi) is 4.15. The van der Waals surface area contributed by atoms with E-state index in [0.29, 0.717) is 0 Å². The molecule has 0 unspecified atom stereocenters. The maximum atomic E-state index is 13.0. The zero-order valence-electron chi connectivity index (χ0n) is 9.55. The molecule has 0 saturated carbocycles. The van der Waals surface area contributed by atoms with Crippen LogP contribution in [-0.4, -0.2) is 32.4 Å². The Bertz CT molecular complexity index is 424. The van der Waals surface area contributed by atoms with Crippen molar-refractivity contribution in [1.29, 1.82) is 0 Å². The number of methoxy groups -OCH3 is 2. The Morgan fingerprint density at radius 3 is 1.94 bits per heavy atom. The minimum Gasteiger partial charge on any atom is -0.496 e. The van der Waals surface area contributed by atoms with E-state index in [1.807, 2.05) is 0 Å². The van der Waals surface area contributed by atoms with Crippen molar-refractivity contribution < 1.29 is 31.8 Å². The van der Waals surface area contributed by atoms with Gasteiger partial charge in [-0.15, -0.1) is 0 Å². The van der Waals surface area contributed by atoms with Gasteiger partial charge in [-0.3, -0.25) is 4.79 Å². The second-order valence-electron chi connectivity index (χ2n) is 3.29. The van der Waals surface area contributed by atoms with Crippen molar-refractivity contribution in [2.45, 2.75) is 12.3 Å². The van der Waals surface area contributed by atoms with Crippen LogP contribution in [0.5, 0.6) is 11.5 Å². The Morgan fingerprint density at radius 1 is 1.17 bits per heavy atom. The number of alkyl halides is 4. The Morgan fingerprint density at radius 2 is 1.61 bits per heavy atom. The van der Waals surface area contributed by atoms with Gasteiger partial charge in [0, 0.05) is 0 Å². The average Bonchev–Trinajstić information content (AvgIpc) is 2.36. The lowest BCUT2D eigenvalue weighted by Crippen LogP contribution is -2.37. The van der Waals surface area contributed by atoms with Crippen LogP contribution < -0.4 is 9.47 Å². The molecule has 1 aromatic carbocycles. The molecule has 0 bridgehead atoms. The summed E-state index contributed by atoms with van der Waals surface area (Å²) in [6.07, 6.45) is -4.10. The fourth-order valence-electron chi connectivity index (χ4n) is 1.34. The maximum Gasteiger partial charge on any atom is 0.369 e. The van der Waals surface area contributed by atoms with E-state index in [2.05, 4.69) is 0 Å². The minimum absolute atomic E-state index is 0.250. The van der Waals surface area contributed by atoms with Crippen LogP contribution in [0.4, 0.5) is 17.6 Å². The molecule has 0 saturated heterocycles. The first-order valence-electron chi connectivity index (χ1n) is 4.78. The predicted molar refractivity (Wildman–Crippen MR) is 54.8 cm³/mol. The van der Waals surface area contributed by atoms with E-state index in [-0.39, 0.29) is 11.5 Å². The van der Waals surface area contributed by atoms with E-state index < -0.39 is 23.7 Å². The first-order valence-corrected chi connectivity index (χ1v) is 4.78. The molecule has 0 aliphatic carbocycles. The highest BCUT2D eigenvalue weighted by Gasteiger charge is 2.50. The van der Waals surface area contributed by atoms with Crippen molar-refractivity contribution in [3.8, 4) is 11.5 Å². The third kappa shape index (κ3) is 2.39. The van der Waals surface area contributed by atoms with Crippen LogP contribution in [0.1, 0.15) is 10.4 Å². The highest BCUT2D eigenvalue weighted by Crippen LogP contribution is 2.36. The summed E-state index contributed by atoms with van der Waals surface area (Å²) in [4.78, 5) is 11.5. The monoisotopic (exact) mass is 266 g/mol. The van der Waals surface area contributed by atoms with Gasteiger partial charge in [-0.05, 0) is 12.1 Å². The fraction of sp³-hybridized carbons (Fsp3) is 0.364. The van der Waals surface area contributed by atoms with E-state index in [9.17, 15) is 22.4 Å². The van der Waals surface area contributed by atoms with Crippen molar-refractivity contribution in [1.82, 2.24) is 0 Å². The molecule has 7 heteroatoms. The third-order valence-electron chi connectivity index (χ3n) is 2.23. The van der Waals surface area contributed by atoms with Crippen molar-refractivity contribution in [3.63, 3.8) is 0 Å². The average molecular weight is 266 g/mol. The summed E-state index contributed by atoms with van der Waals surface area (Å²) in [5.41, 5.74) is -0.701. The number of ether oxygens (including phenoxy) is 2. The molecule has 0 fully saturated rings. The van der Waals surface area contributed by atoms with E-state index in [0.717, 1.165) is 14.2 Å². The molecule has 0 aliphatic heterocycles. The van der Waals surface area contributed by atoms with Crippen molar-refractivity contribution in [2.24, 2.45) is 0 Å². The highest BCUT2D eigenvalue weighted by molar-refractivity contribution is 6.06. The quantitative estimate of drug-likeness (QED) is 0.607. The first-order chi connectivity index (χ1) is 8.36. The SMILES string of the molecule is COc1cccc(OC)c1C(=O)C(F)(F)C(F)F. The molecule has 0 spiro atoms. The zero-order valence-corrected chi connectivity index (χ0v) is 9.55. The van der Waals surface area contributed by atoms with Gasteiger partial charge in [0.25, 0.3) is 0 Å². The normalized spacial score (nSPS) is 11.5. The van der Waals surface area contributed by atoms with Gasteiger partial charge in [0.2, 0.25) is 5.78 Å². The first kappa shape index (κ1) is 14.3. The molecule has 1 aromatic rings. The molecular formula is C11H10F4O3. The second kappa shape index (κ2) is 5.24. The lowest BCUT2D eigenvalue weighted by atomic mass is 10.0. The number of halogens is 4. The highest BCUT2D eigenvalue weighted by atomic mass is 19.3. The number of benzene rings is 1. The lowest BCUT2D eigenvalue weighted by Gasteiger charge is -2.17. The van der Waals surface area contributed by atoms with Gasteiger partial charge >= 0.3 is 12.3 Å². The van der Waals surface area contributed by atoms with E-state index in [4.69, 9.17) is 9.47 Å². The third-order valence-corrected chi connectivity index (χ3v) is 2.23. The second-order valence-corrected chi connectivity index (χ2v) is 3.29. The Hall–Kier alpha value is -1.79. The maximum absolute atomic E-state index is 13.0. The van der Waals surface area contributed by atoms with Gasteiger partial charge in [-0.1, -0.05) is 6.07 Å². The lowest BCUT2D eigenvalue weighted by molar-refractivity contribution is -0.0959. The molecule has 18 heavy (non-hydrogen) atoms. The number of hydrogen-bond donors (Lipinski definition) is 0. The summed E-state index contributed by atoms with van der Waals surface area (Å²) in [5.74, 6) is -7.33. The number of rotatable bonds is 5. The van der Waals surface area contributed by atoms with Gasteiger partial charge in [-0.25, -0.2) is 8.78 Å². The molecule has 0 amide bonds. The fourth-order valence-corrected chi connectivity index (χ4v) is 1.34. The molecule has 0 N–H and O–H groups in total. The van der Waals surface area contributed by atoms with E-state index in [1.165, 1.54) is 18.2 Å². The van der Waals surface area contributed by atoms with Crippen LogP contribution in [0, 0.1) is 0 Å². The van der Waals surface area contributed by atoms with Crippen LogP contribution in [-0.2, 0) is 0 Å². The Balaban J connectivity index is 3.36. The summed E-state index contributed by atoms with van der Waals surface area (Å²) < 4.78 is 59.8. The summed E-state index contributed by atoms with van der Waals surface area (Å²) in [6.45, 7) is 0. The van der Waals surface area contributed by atoms with Crippen molar-refractivity contribution in [3.05, 3.63) is 23.8 Å². The van der Waals surface area contributed by atoms with Gasteiger partial charge in [-0.2, -0.15) is 8.78 Å². The zero-order chi connectivity index (χ0) is 13.9. The summed E-state index contributed by atoms with van der Waals surface area (Å²) in [6, 6.07) is 3.80. The van der Waals surface area contributed by atoms with Crippen molar-refractivity contribution >= 4 is 5.78 Å².